The number of carbonyl (C=O) groups is 3. The van der Waals surface area contributed by atoms with E-state index in [4.69, 9.17) is 5.73 Å². The average Bonchev–Trinajstić information content (AvgIpc) is 3.31. The molecule has 3 unspecified atom stereocenters. The minimum atomic E-state index is -0.930. The fourth-order valence-corrected chi connectivity index (χ4v) is 3.76. The number of aromatic amines is 1. The third-order valence-electron chi connectivity index (χ3n) is 5.31. The Bertz CT molecular complexity index is 913. The third-order valence-corrected chi connectivity index (χ3v) is 5.31. The maximum atomic E-state index is 13.4. The Labute approximate surface area is 167 Å². The van der Waals surface area contributed by atoms with Gasteiger partial charge in [-0.25, -0.2) is 4.39 Å². The van der Waals surface area contributed by atoms with Gasteiger partial charge in [0.05, 0.1) is 5.92 Å². The molecule has 8 nitrogen and oxygen atoms in total. The molecule has 1 saturated carbocycles. The lowest BCUT2D eigenvalue weighted by atomic mass is 10.0. The summed E-state index contributed by atoms with van der Waals surface area (Å²) < 4.78 is 13.4. The molecule has 3 rings (SSSR count). The number of aliphatic carboxylic acids is 1. The molecule has 0 saturated heterocycles. The molecule has 2 aromatic rings. The van der Waals surface area contributed by atoms with E-state index >= 15 is 0 Å². The van der Waals surface area contributed by atoms with E-state index in [1.807, 2.05) is 0 Å². The van der Waals surface area contributed by atoms with Crippen LogP contribution < -0.4 is 16.4 Å². The van der Waals surface area contributed by atoms with Crippen LogP contribution in [0.15, 0.2) is 24.3 Å². The standard InChI is InChI=1S/C20H25FN4O4/c21-12-6-7-14-11(9-12)10-17(23-14)19(27)25-16(5-2-8-22)18(26)24-15-4-1-3-13(15)20(28)29/h6-7,9-10,13,15-16,23H,1-5,8,22H2,(H,24,26)(H,25,27)(H,28,29). The summed E-state index contributed by atoms with van der Waals surface area (Å²) in [6, 6.07) is 4.36. The van der Waals surface area contributed by atoms with E-state index in [0.29, 0.717) is 43.1 Å². The molecule has 2 amide bonds. The number of nitrogens with two attached hydrogens (primary N) is 1. The Kier molecular flexibility index (Phi) is 6.48. The number of amides is 2. The number of benzene rings is 1. The molecule has 0 bridgehead atoms. The van der Waals surface area contributed by atoms with Gasteiger partial charge >= 0.3 is 5.97 Å². The monoisotopic (exact) mass is 404 g/mol. The van der Waals surface area contributed by atoms with Crippen LogP contribution in [0.25, 0.3) is 10.9 Å². The second-order valence-corrected chi connectivity index (χ2v) is 7.36. The summed E-state index contributed by atoms with van der Waals surface area (Å²) in [6.07, 6.45) is 2.68. The molecular formula is C20H25FN4O4. The Morgan fingerprint density at radius 3 is 2.79 bits per heavy atom. The second kappa shape index (κ2) is 9.04. The minimum Gasteiger partial charge on any atom is -0.481 e. The van der Waals surface area contributed by atoms with Crippen LogP contribution in [0.4, 0.5) is 4.39 Å². The molecule has 1 aromatic heterocycles. The molecule has 1 aliphatic rings. The zero-order valence-electron chi connectivity index (χ0n) is 15.9. The van der Waals surface area contributed by atoms with Crippen LogP contribution >= 0.6 is 0 Å². The van der Waals surface area contributed by atoms with Gasteiger partial charge in [-0.2, -0.15) is 0 Å². The summed E-state index contributed by atoms with van der Waals surface area (Å²) in [5.74, 6) is -2.88. The second-order valence-electron chi connectivity index (χ2n) is 7.36. The highest BCUT2D eigenvalue weighted by molar-refractivity contribution is 6.00. The lowest BCUT2D eigenvalue weighted by Crippen LogP contribution is -2.51. The molecule has 1 fully saturated rings. The van der Waals surface area contributed by atoms with Crippen molar-refractivity contribution in [2.75, 3.05) is 6.54 Å². The van der Waals surface area contributed by atoms with Crippen molar-refractivity contribution in [3.05, 3.63) is 35.8 Å². The number of rotatable bonds is 8. The Morgan fingerprint density at radius 1 is 1.28 bits per heavy atom. The quantitative estimate of drug-likeness (QED) is 0.454. The zero-order chi connectivity index (χ0) is 21.0. The molecule has 0 radical (unpaired) electrons. The largest absolute Gasteiger partial charge is 0.481 e. The van der Waals surface area contributed by atoms with Crippen LogP contribution in [0.1, 0.15) is 42.6 Å². The highest BCUT2D eigenvalue weighted by Crippen LogP contribution is 2.26. The summed E-state index contributed by atoms with van der Waals surface area (Å²) in [5, 5.41) is 15.3. The third kappa shape index (κ3) is 4.92. The molecule has 1 heterocycles. The van der Waals surface area contributed by atoms with Crippen molar-refractivity contribution in [2.45, 2.75) is 44.2 Å². The summed E-state index contributed by atoms with van der Waals surface area (Å²) in [7, 11) is 0. The van der Waals surface area contributed by atoms with Crippen molar-refractivity contribution in [1.82, 2.24) is 15.6 Å². The first-order chi connectivity index (χ1) is 13.9. The van der Waals surface area contributed by atoms with Crippen LogP contribution in [-0.4, -0.2) is 46.5 Å². The normalized spacial score (nSPS) is 19.8. The summed E-state index contributed by atoms with van der Waals surface area (Å²) in [5.41, 5.74) is 6.36. The van der Waals surface area contributed by atoms with E-state index in [-0.39, 0.29) is 5.69 Å². The van der Waals surface area contributed by atoms with Gasteiger partial charge < -0.3 is 26.5 Å². The number of hydrogen-bond donors (Lipinski definition) is 5. The van der Waals surface area contributed by atoms with Gasteiger partial charge in [0.25, 0.3) is 5.91 Å². The Balaban J connectivity index is 1.70. The molecule has 29 heavy (non-hydrogen) atoms. The minimum absolute atomic E-state index is 0.209. The van der Waals surface area contributed by atoms with Gasteiger partial charge in [0, 0.05) is 16.9 Å². The lowest BCUT2D eigenvalue weighted by Gasteiger charge is -2.23. The van der Waals surface area contributed by atoms with Crippen molar-refractivity contribution in [3.8, 4) is 0 Å². The van der Waals surface area contributed by atoms with Crippen LogP contribution in [0.3, 0.4) is 0 Å². The summed E-state index contributed by atoms with van der Waals surface area (Å²) in [6.45, 7) is 0.354. The van der Waals surface area contributed by atoms with Gasteiger partial charge in [0.2, 0.25) is 5.91 Å². The first-order valence-corrected chi connectivity index (χ1v) is 9.71. The van der Waals surface area contributed by atoms with Crippen LogP contribution in [-0.2, 0) is 9.59 Å². The maximum absolute atomic E-state index is 13.4. The Morgan fingerprint density at radius 2 is 2.07 bits per heavy atom. The highest BCUT2D eigenvalue weighted by Gasteiger charge is 2.35. The molecule has 1 aliphatic carbocycles. The van der Waals surface area contributed by atoms with E-state index < -0.39 is 41.6 Å². The molecule has 3 atom stereocenters. The first kappa shape index (κ1) is 20.8. The van der Waals surface area contributed by atoms with Crippen molar-refractivity contribution in [3.63, 3.8) is 0 Å². The van der Waals surface area contributed by atoms with Crippen LogP contribution in [0.5, 0.6) is 0 Å². The number of fused-ring (bicyclic) bond motifs is 1. The van der Waals surface area contributed by atoms with Gasteiger partial charge in [-0.15, -0.1) is 0 Å². The van der Waals surface area contributed by atoms with Gasteiger partial charge in [-0.05, 0) is 56.5 Å². The van der Waals surface area contributed by atoms with Gasteiger partial charge in [0.1, 0.15) is 17.6 Å². The van der Waals surface area contributed by atoms with E-state index in [0.717, 1.165) is 6.42 Å². The smallest absolute Gasteiger partial charge is 0.308 e. The van der Waals surface area contributed by atoms with Gasteiger partial charge in [0.15, 0.2) is 0 Å². The fraction of sp³-hybridized carbons (Fsp3) is 0.450. The van der Waals surface area contributed by atoms with E-state index in [2.05, 4.69) is 15.6 Å². The van der Waals surface area contributed by atoms with Crippen LogP contribution in [0, 0.1) is 11.7 Å². The van der Waals surface area contributed by atoms with Crippen molar-refractivity contribution >= 4 is 28.7 Å². The number of nitrogens with one attached hydrogen (secondary N) is 3. The van der Waals surface area contributed by atoms with E-state index in [1.54, 1.807) is 0 Å². The maximum Gasteiger partial charge on any atom is 0.308 e. The molecule has 1 aromatic carbocycles. The molecular weight excluding hydrogens is 379 g/mol. The van der Waals surface area contributed by atoms with Crippen molar-refractivity contribution in [2.24, 2.45) is 11.7 Å². The predicted octanol–water partition coefficient (Wildman–Crippen LogP) is 1.51. The first-order valence-electron chi connectivity index (χ1n) is 9.71. The number of carboxylic acid groups (broad SMARTS) is 1. The van der Waals surface area contributed by atoms with Crippen LogP contribution in [0.2, 0.25) is 0 Å². The Hall–Kier alpha value is -2.94. The highest BCUT2D eigenvalue weighted by atomic mass is 19.1. The van der Waals surface area contributed by atoms with Gasteiger partial charge in [-0.3, -0.25) is 14.4 Å². The fourth-order valence-electron chi connectivity index (χ4n) is 3.76. The SMILES string of the molecule is NCCCC(NC(=O)c1cc2cc(F)ccc2[nH]1)C(=O)NC1CCCC1C(=O)O. The van der Waals surface area contributed by atoms with Gasteiger partial charge in [-0.1, -0.05) is 6.42 Å². The number of carbonyl (C=O) groups excluding carboxylic acids is 2. The topological polar surface area (TPSA) is 137 Å². The molecule has 0 spiro atoms. The number of hydrogen-bond acceptors (Lipinski definition) is 4. The molecule has 9 heteroatoms. The number of halogens is 1. The molecule has 156 valence electrons. The molecule has 6 N–H and O–H groups in total. The molecule has 0 aliphatic heterocycles. The summed E-state index contributed by atoms with van der Waals surface area (Å²) in [4.78, 5) is 39.6. The number of aromatic nitrogens is 1. The predicted molar refractivity (Wildman–Crippen MR) is 105 cm³/mol. The van der Waals surface area contributed by atoms with E-state index in [1.165, 1.54) is 24.3 Å². The van der Waals surface area contributed by atoms with E-state index in [9.17, 15) is 23.9 Å². The number of H-pyrrole nitrogens is 1. The van der Waals surface area contributed by atoms with Crippen molar-refractivity contribution in [1.29, 1.82) is 0 Å². The average molecular weight is 404 g/mol. The number of carboxylic acids is 1. The summed E-state index contributed by atoms with van der Waals surface area (Å²) >= 11 is 0. The zero-order valence-corrected chi connectivity index (χ0v) is 15.9. The lowest BCUT2D eigenvalue weighted by molar-refractivity contribution is -0.142. The van der Waals surface area contributed by atoms with Crippen molar-refractivity contribution < 1.29 is 23.9 Å².